The molecular formula is C6H12O5. The summed E-state index contributed by atoms with van der Waals surface area (Å²) in [6.07, 6.45) is -2.22. The molecule has 1 fully saturated rings. The van der Waals surface area contributed by atoms with Crippen molar-refractivity contribution in [2.75, 3.05) is 20.0 Å². The lowest BCUT2D eigenvalue weighted by Gasteiger charge is -2.32. The van der Waals surface area contributed by atoms with E-state index >= 15 is 0 Å². The zero-order valence-electron chi connectivity index (χ0n) is 6.01. The van der Waals surface area contributed by atoms with E-state index in [0.717, 1.165) is 0 Å². The number of aliphatic hydroxyl groups is 3. The second-order valence-electron chi connectivity index (χ2n) is 2.38. The first-order valence-electron chi connectivity index (χ1n) is 3.42. The molecule has 5 nitrogen and oxygen atoms in total. The Bertz CT molecular complexity index is 106. The lowest BCUT2D eigenvalue weighted by Crippen LogP contribution is -2.49. The number of ether oxygens (including phenoxy) is 2. The summed E-state index contributed by atoms with van der Waals surface area (Å²) in [6.45, 7) is -0.518. The highest BCUT2D eigenvalue weighted by Crippen LogP contribution is 2.13. The molecule has 1 saturated heterocycles. The molecule has 0 bridgehead atoms. The Morgan fingerprint density at radius 2 is 1.55 bits per heavy atom. The van der Waals surface area contributed by atoms with Crippen LogP contribution in [-0.4, -0.2) is 53.6 Å². The van der Waals surface area contributed by atoms with Gasteiger partial charge in [-0.15, -0.1) is 0 Å². The molecule has 1 heterocycles. The molecule has 66 valence electrons. The van der Waals surface area contributed by atoms with Crippen molar-refractivity contribution in [3.8, 4) is 0 Å². The molecule has 0 amide bonds. The third kappa shape index (κ3) is 1.88. The molecule has 3 N–H and O–H groups in total. The van der Waals surface area contributed by atoms with Crippen LogP contribution in [0.4, 0.5) is 0 Å². The minimum atomic E-state index is -0.946. The van der Waals surface area contributed by atoms with Crippen LogP contribution in [0.25, 0.3) is 0 Å². The van der Waals surface area contributed by atoms with Crippen LogP contribution in [0.2, 0.25) is 0 Å². The van der Waals surface area contributed by atoms with E-state index in [1.165, 1.54) is 0 Å². The summed E-state index contributed by atoms with van der Waals surface area (Å²) >= 11 is 0. The average molecular weight is 164 g/mol. The van der Waals surface area contributed by atoms with Gasteiger partial charge in [0.25, 0.3) is 0 Å². The molecule has 5 heteroatoms. The molecule has 11 heavy (non-hydrogen) atoms. The van der Waals surface area contributed by atoms with Gasteiger partial charge in [0.1, 0.15) is 25.1 Å². The second-order valence-corrected chi connectivity index (χ2v) is 2.38. The van der Waals surface area contributed by atoms with Gasteiger partial charge in [-0.05, 0) is 0 Å². The maximum atomic E-state index is 9.26. The largest absolute Gasteiger partial charge is 0.394 e. The van der Waals surface area contributed by atoms with Crippen LogP contribution in [0, 0.1) is 0 Å². The van der Waals surface area contributed by atoms with Gasteiger partial charge in [0.05, 0.1) is 13.2 Å². The first kappa shape index (κ1) is 8.89. The van der Waals surface area contributed by atoms with Gasteiger partial charge >= 0.3 is 0 Å². The molecule has 0 saturated carbocycles. The van der Waals surface area contributed by atoms with Gasteiger partial charge in [0, 0.05) is 0 Å². The van der Waals surface area contributed by atoms with Crippen LogP contribution < -0.4 is 0 Å². The van der Waals surface area contributed by atoms with Crippen molar-refractivity contribution in [2.24, 2.45) is 0 Å². The Labute approximate surface area is 64.2 Å². The van der Waals surface area contributed by atoms with Crippen molar-refractivity contribution in [1.29, 1.82) is 0 Å². The van der Waals surface area contributed by atoms with E-state index in [-0.39, 0.29) is 20.0 Å². The van der Waals surface area contributed by atoms with Gasteiger partial charge in [0.15, 0.2) is 0 Å². The van der Waals surface area contributed by atoms with Gasteiger partial charge in [-0.2, -0.15) is 0 Å². The number of hydrogen-bond donors (Lipinski definition) is 3. The van der Waals surface area contributed by atoms with Gasteiger partial charge in [0.2, 0.25) is 0 Å². The summed E-state index contributed by atoms with van der Waals surface area (Å²) in [4.78, 5) is 0. The van der Waals surface area contributed by atoms with E-state index in [1.54, 1.807) is 0 Å². The van der Waals surface area contributed by atoms with Crippen LogP contribution in [0.5, 0.6) is 0 Å². The summed E-state index contributed by atoms with van der Waals surface area (Å²) in [6, 6.07) is 0. The lowest BCUT2D eigenvalue weighted by molar-refractivity contribution is -0.244. The molecule has 2 atom stereocenters. The Morgan fingerprint density at radius 3 is 1.91 bits per heavy atom. The smallest absolute Gasteiger partial charge is 0.147 e. The molecule has 0 unspecified atom stereocenters. The molecule has 1 aliphatic heterocycles. The highest BCUT2D eigenvalue weighted by atomic mass is 16.7. The standard InChI is InChI=1S/C6H12O5/c7-1-4-6(9)5(2-8)11-3-10-4/h4-9H,1-3H2/t4-,5-/m1/s1. The van der Waals surface area contributed by atoms with Crippen molar-refractivity contribution < 1.29 is 24.8 Å². The summed E-state index contributed by atoms with van der Waals surface area (Å²) in [7, 11) is 0. The van der Waals surface area contributed by atoms with Gasteiger partial charge < -0.3 is 24.8 Å². The quantitative estimate of drug-likeness (QED) is 0.443. The number of aliphatic hydroxyl groups excluding tert-OH is 3. The summed E-state index contributed by atoms with van der Waals surface area (Å²) < 4.78 is 9.68. The summed E-state index contributed by atoms with van der Waals surface area (Å²) in [5.74, 6) is 0. The van der Waals surface area contributed by atoms with E-state index in [4.69, 9.17) is 19.7 Å². The Kier molecular flexibility index (Phi) is 3.22. The summed E-state index contributed by atoms with van der Waals surface area (Å²) in [5.41, 5.74) is 0. The van der Waals surface area contributed by atoms with Crippen molar-refractivity contribution in [1.82, 2.24) is 0 Å². The maximum absolute atomic E-state index is 9.26. The molecular weight excluding hydrogens is 152 g/mol. The van der Waals surface area contributed by atoms with Crippen molar-refractivity contribution >= 4 is 0 Å². The molecule has 1 aliphatic rings. The van der Waals surface area contributed by atoms with Crippen LogP contribution in [0.15, 0.2) is 0 Å². The molecule has 0 spiro atoms. The lowest BCUT2D eigenvalue weighted by atomic mass is 10.1. The fraction of sp³-hybridized carbons (Fsp3) is 1.00. The monoisotopic (exact) mass is 164 g/mol. The topological polar surface area (TPSA) is 79.2 Å². The molecule has 0 aromatic heterocycles. The normalized spacial score (nSPS) is 34.1. The molecule has 0 aromatic carbocycles. The molecule has 0 aliphatic carbocycles. The zero-order valence-corrected chi connectivity index (χ0v) is 6.01. The SMILES string of the molecule is OC[C@H]1OCO[C@H](CO)C1O. The van der Waals surface area contributed by atoms with E-state index in [1.807, 2.05) is 0 Å². The van der Waals surface area contributed by atoms with Crippen molar-refractivity contribution in [3.63, 3.8) is 0 Å². The fourth-order valence-corrected chi connectivity index (χ4v) is 0.972. The van der Waals surface area contributed by atoms with E-state index in [9.17, 15) is 5.11 Å². The van der Waals surface area contributed by atoms with Crippen LogP contribution in [-0.2, 0) is 9.47 Å². The van der Waals surface area contributed by atoms with Crippen molar-refractivity contribution in [2.45, 2.75) is 18.3 Å². The van der Waals surface area contributed by atoms with Gasteiger partial charge in [-0.25, -0.2) is 0 Å². The van der Waals surface area contributed by atoms with Gasteiger partial charge in [-0.3, -0.25) is 0 Å². The molecule has 0 radical (unpaired) electrons. The van der Waals surface area contributed by atoms with Gasteiger partial charge in [-0.1, -0.05) is 0 Å². The average Bonchev–Trinajstić information content (AvgIpc) is 2.05. The highest BCUT2D eigenvalue weighted by Gasteiger charge is 2.32. The Balaban J connectivity index is 2.45. The predicted molar refractivity (Wildman–Crippen MR) is 34.8 cm³/mol. The minimum Gasteiger partial charge on any atom is -0.394 e. The first-order valence-corrected chi connectivity index (χ1v) is 3.42. The highest BCUT2D eigenvalue weighted by molar-refractivity contribution is 4.78. The minimum absolute atomic E-state index is 0.00745. The maximum Gasteiger partial charge on any atom is 0.147 e. The van der Waals surface area contributed by atoms with Crippen LogP contribution in [0.1, 0.15) is 0 Å². The zero-order chi connectivity index (χ0) is 8.27. The van der Waals surface area contributed by atoms with E-state index in [2.05, 4.69) is 0 Å². The third-order valence-corrected chi connectivity index (χ3v) is 1.69. The fourth-order valence-electron chi connectivity index (χ4n) is 0.972. The number of rotatable bonds is 2. The van der Waals surface area contributed by atoms with E-state index < -0.39 is 18.3 Å². The van der Waals surface area contributed by atoms with Crippen LogP contribution in [0.3, 0.4) is 0 Å². The summed E-state index contributed by atoms with van der Waals surface area (Å²) in [5, 5.41) is 26.6. The Hall–Kier alpha value is -0.200. The predicted octanol–water partition coefficient (Wildman–Crippen LogP) is -1.93. The Morgan fingerprint density at radius 1 is 1.09 bits per heavy atom. The number of hydrogen-bond acceptors (Lipinski definition) is 5. The van der Waals surface area contributed by atoms with Crippen LogP contribution >= 0.6 is 0 Å². The van der Waals surface area contributed by atoms with Crippen molar-refractivity contribution in [3.05, 3.63) is 0 Å². The third-order valence-electron chi connectivity index (χ3n) is 1.69. The second kappa shape index (κ2) is 3.99. The molecule has 0 aromatic rings. The first-order chi connectivity index (χ1) is 5.29. The molecule has 1 rings (SSSR count). The van der Waals surface area contributed by atoms with E-state index in [0.29, 0.717) is 0 Å².